The maximum Gasteiger partial charge on any atom is 0.337 e. The van der Waals surface area contributed by atoms with Crippen molar-refractivity contribution in [2.75, 3.05) is 13.7 Å². The molecule has 0 unspecified atom stereocenters. The average molecular weight is 421 g/mol. The molecule has 7 nitrogen and oxygen atoms in total. The maximum absolute atomic E-state index is 12.0. The Morgan fingerprint density at radius 2 is 1.65 bits per heavy atom. The Hall–Kier alpha value is -2.87. The molecule has 0 atom stereocenters. The van der Waals surface area contributed by atoms with Gasteiger partial charge in [-0.2, -0.15) is 0 Å². The van der Waals surface area contributed by atoms with Crippen molar-refractivity contribution in [3.8, 4) is 5.75 Å². The molecule has 136 valence electrons. The number of benzene rings is 2. The molecule has 0 saturated heterocycles. The van der Waals surface area contributed by atoms with Crippen molar-refractivity contribution >= 4 is 33.7 Å². The minimum Gasteiger partial charge on any atom is -0.484 e. The number of hydrogen-bond acceptors (Lipinski definition) is 5. The van der Waals surface area contributed by atoms with Gasteiger partial charge in [-0.25, -0.2) is 4.79 Å². The van der Waals surface area contributed by atoms with E-state index < -0.39 is 17.8 Å². The van der Waals surface area contributed by atoms with Gasteiger partial charge >= 0.3 is 5.97 Å². The molecule has 0 bridgehead atoms. The van der Waals surface area contributed by atoms with Crippen molar-refractivity contribution in [1.82, 2.24) is 10.9 Å². The van der Waals surface area contributed by atoms with Gasteiger partial charge in [0.05, 0.1) is 12.7 Å². The van der Waals surface area contributed by atoms with Crippen LogP contribution in [0.1, 0.15) is 26.3 Å². The molecule has 0 heterocycles. The topological polar surface area (TPSA) is 93.7 Å². The minimum atomic E-state index is -0.519. The van der Waals surface area contributed by atoms with Gasteiger partial charge in [0.2, 0.25) is 0 Å². The molecule has 0 aliphatic rings. The normalized spacial score (nSPS) is 9.96. The van der Waals surface area contributed by atoms with E-state index in [1.807, 2.05) is 13.0 Å². The van der Waals surface area contributed by atoms with Crippen LogP contribution in [-0.2, 0) is 9.53 Å². The summed E-state index contributed by atoms with van der Waals surface area (Å²) >= 11 is 3.38. The van der Waals surface area contributed by atoms with E-state index >= 15 is 0 Å². The number of carbonyl (C=O) groups is 3. The number of hydrazine groups is 1. The first-order valence-electron chi connectivity index (χ1n) is 7.57. The number of carbonyl (C=O) groups excluding carboxylic acids is 3. The summed E-state index contributed by atoms with van der Waals surface area (Å²) in [6.45, 7) is 1.66. The van der Waals surface area contributed by atoms with E-state index in [1.54, 1.807) is 12.1 Å². The fourth-order valence-corrected chi connectivity index (χ4v) is 2.21. The second-order valence-corrected chi connectivity index (χ2v) is 6.13. The van der Waals surface area contributed by atoms with Gasteiger partial charge < -0.3 is 9.47 Å². The van der Waals surface area contributed by atoms with Gasteiger partial charge in [-0.05, 0) is 55.0 Å². The van der Waals surface area contributed by atoms with Crippen molar-refractivity contribution < 1.29 is 23.9 Å². The molecule has 8 heteroatoms. The van der Waals surface area contributed by atoms with Gasteiger partial charge in [0.25, 0.3) is 11.8 Å². The van der Waals surface area contributed by atoms with Crippen molar-refractivity contribution in [2.24, 2.45) is 0 Å². The van der Waals surface area contributed by atoms with Crippen LogP contribution in [0.2, 0.25) is 0 Å². The fraction of sp³-hybridized carbons (Fsp3) is 0.167. The summed E-state index contributed by atoms with van der Waals surface area (Å²) in [4.78, 5) is 35.1. The smallest absolute Gasteiger partial charge is 0.337 e. The van der Waals surface area contributed by atoms with Crippen LogP contribution in [0.25, 0.3) is 0 Å². The lowest BCUT2D eigenvalue weighted by atomic mass is 10.1. The van der Waals surface area contributed by atoms with E-state index in [2.05, 4.69) is 31.5 Å². The Morgan fingerprint density at radius 1 is 1.00 bits per heavy atom. The fourth-order valence-electron chi connectivity index (χ4n) is 1.97. The first kappa shape index (κ1) is 19.5. The van der Waals surface area contributed by atoms with E-state index in [4.69, 9.17) is 4.74 Å². The zero-order chi connectivity index (χ0) is 19.1. The first-order valence-corrected chi connectivity index (χ1v) is 8.36. The highest BCUT2D eigenvalue weighted by atomic mass is 79.9. The number of rotatable bonds is 5. The third kappa shape index (κ3) is 5.32. The number of amides is 2. The Kier molecular flexibility index (Phi) is 6.74. The molecule has 0 aromatic heterocycles. The van der Waals surface area contributed by atoms with E-state index in [9.17, 15) is 14.4 Å². The van der Waals surface area contributed by atoms with Gasteiger partial charge in [0, 0.05) is 10.0 Å². The van der Waals surface area contributed by atoms with Crippen molar-refractivity contribution in [3.63, 3.8) is 0 Å². The zero-order valence-corrected chi connectivity index (χ0v) is 15.8. The molecular formula is C18H17BrN2O5. The Balaban J connectivity index is 1.81. The number of methoxy groups -OCH3 is 1. The summed E-state index contributed by atoms with van der Waals surface area (Å²) in [7, 11) is 1.27. The molecule has 2 aromatic rings. The van der Waals surface area contributed by atoms with Crippen molar-refractivity contribution in [3.05, 3.63) is 63.6 Å². The lowest BCUT2D eigenvalue weighted by molar-refractivity contribution is -0.123. The van der Waals surface area contributed by atoms with Crippen LogP contribution >= 0.6 is 15.9 Å². The predicted molar refractivity (Wildman–Crippen MR) is 97.8 cm³/mol. The van der Waals surface area contributed by atoms with E-state index in [-0.39, 0.29) is 12.2 Å². The lowest BCUT2D eigenvalue weighted by Gasteiger charge is -2.10. The largest absolute Gasteiger partial charge is 0.484 e. The molecule has 0 radical (unpaired) electrons. The van der Waals surface area contributed by atoms with Crippen LogP contribution in [0.3, 0.4) is 0 Å². The SMILES string of the molecule is COC(=O)c1ccc(C(=O)NNC(=O)COc2ccc(Br)c(C)c2)cc1. The van der Waals surface area contributed by atoms with Gasteiger partial charge in [0.15, 0.2) is 6.61 Å². The second kappa shape index (κ2) is 9.00. The van der Waals surface area contributed by atoms with Crippen LogP contribution in [0.5, 0.6) is 5.75 Å². The summed E-state index contributed by atoms with van der Waals surface area (Å²) in [5.41, 5.74) is 6.12. The second-order valence-electron chi connectivity index (χ2n) is 5.27. The molecule has 2 amide bonds. The van der Waals surface area contributed by atoms with Crippen LogP contribution in [0, 0.1) is 6.92 Å². The number of esters is 1. The Morgan fingerprint density at radius 3 is 2.27 bits per heavy atom. The van der Waals surface area contributed by atoms with Gasteiger partial charge in [-0.3, -0.25) is 20.4 Å². The highest BCUT2D eigenvalue weighted by Crippen LogP contribution is 2.21. The van der Waals surface area contributed by atoms with Crippen LogP contribution < -0.4 is 15.6 Å². The molecule has 26 heavy (non-hydrogen) atoms. The molecule has 0 saturated carbocycles. The first-order chi connectivity index (χ1) is 12.4. The number of ether oxygens (including phenoxy) is 2. The molecule has 0 aliphatic carbocycles. The molecular weight excluding hydrogens is 404 g/mol. The Labute approximate surface area is 158 Å². The molecule has 2 aromatic carbocycles. The minimum absolute atomic E-state index is 0.247. The quantitative estimate of drug-likeness (QED) is 0.571. The summed E-state index contributed by atoms with van der Waals surface area (Å²) in [5, 5.41) is 0. The maximum atomic E-state index is 12.0. The number of aryl methyl sites for hydroxylation is 1. The summed E-state index contributed by atoms with van der Waals surface area (Å²) in [5.74, 6) is -0.976. The molecule has 2 N–H and O–H groups in total. The summed E-state index contributed by atoms with van der Waals surface area (Å²) in [6.07, 6.45) is 0. The molecule has 2 rings (SSSR count). The van der Waals surface area contributed by atoms with E-state index in [0.717, 1.165) is 10.0 Å². The third-order valence-electron chi connectivity index (χ3n) is 3.38. The summed E-state index contributed by atoms with van der Waals surface area (Å²) in [6, 6.07) is 11.2. The number of halogens is 1. The van der Waals surface area contributed by atoms with Gasteiger partial charge in [0.1, 0.15) is 5.75 Å². The predicted octanol–water partition coefficient (Wildman–Crippen LogP) is 2.38. The number of nitrogens with one attached hydrogen (secondary N) is 2. The Bertz CT molecular complexity index is 821. The van der Waals surface area contributed by atoms with Crippen LogP contribution in [-0.4, -0.2) is 31.5 Å². The highest BCUT2D eigenvalue weighted by Gasteiger charge is 2.10. The standard InChI is InChI=1S/C18H17BrN2O5/c1-11-9-14(7-8-15(11)19)26-10-16(22)20-21-17(23)12-3-5-13(6-4-12)18(24)25-2/h3-9H,10H2,1-2H3,(H,20,22)(H,21,23). The molecule has 0 fully saturated rings. The van der Waals surface area contributed by atoms with Gasteiger partial charge in [-0.1, -0.05) is 15.9 Å². The lowest BCUT2D eigenvalue weighted by Crippen LogP contribution is -2.43. The summed E-state index contributed by atoms with van der Waals surface area (Å²) < 4.78 is 10.9. The third-order valence-corrected chi connectivity index (χ3v) is 4.27. The van der Waals surface area contributed by atoms with Crippen LogP contribution in [0.15, 0.2) is 46.9 Å². The van der Waals surface area contributed by atoms with Crippen molar-refractivity contribution in [2.45, 2.75) is 6.92 Å². The van der Waals surface area contributed by atoms with Gasteiger partial charge in [-0.15, -0.1) is 0 Å². The number of hydrogen-bond donors (Lipinski definition) is 2. The monoisotopic (exact) mass is 420 g/mol. The average Bonchev–Trinajstić information content (AvgIpc) is 2.66. The highest BCUT2D eigenvalue weighted by molar-refractivity contribution is 9.10. The van der Waals surface area contributed by atoms with Crippen molar-refractivity contribution in [1.29, 1.82) is 0 Å². The van der Waals surface area contributed by atoms with E-state index in [1.165, 1.54) is 31.4 Å². The molecule has 0 spiro atoms. The van der Waals surface area contributed by atoms with Crippen LogP contribution in [0.4, 0.5) is 0 Å². The zero-order valence-electron chi connectivity index (χ0n) is 14.2. The molecule has 0 aliphatic heterocycles. The van der Waals surface area contributed by atoms with E-state index in [0.29, 0.717) is 11.3 Å².